The number of ether oxygens (including phenoxy) is 4. The van der Waals surface area contributed by atoms with E-state index in [9.17, 15) is 14.4 Å². The Balaban J connectivity index is 1.51. The van der Waals surface area contributed by atoms with Crippen LogP contribution in [0.4, 0.5) is 0 Å². The Kier molecular flexibility index (Phi) is 11.8. The van der Waals surface area contributed by atoms with E-state index in [1.54, 1.807) is 13.2 Å². The molecule has 0 unspecified atom stereocenters. The average molecular weight is 593 g/mol. The van der Waals surface area contributed by atoms with E-state index < -0.39 is 30.1 Å². The smallest absolute Gasteiger partial charge is 0.335 e. The molecule has 0 radical (unpaired) electrons. The first-order valence-electron chi connectivity index (χ1n) is 15.1. The molecule has 1 saturated heterocycles. The molecule has 2 aliphatic rings. The predicted octanol–water partition coefficient (Wildman–Crippen LogP) is 4.31. The minimum atomic E-state index is -0.771. The number of carbonyl (C=O) groups is 3. The molecule has 2 aromatic rings. The zero-order valence-electron chi connectivity index (χ0n) is 25.5. The third-order valence-electron chi connectivity index (χ3n) is 7.78. The minimum absolute atomic E-state index is 0.0672. The summed E-state index contributed by atoms with van der Waals surface area (Å²) in [6.07, 6.45) is 3.31. The Morgan fingerprint density at radius 2 is 1.74 bits per heavy atom. The van der Waals surface area contributed by atoms with Crippen LogP contribution in [0.15, 0.2) is 66.7 Å². The predicted molar refractivity (Wildman–Crippen MR) is 162 cm³/mol. The third kappa shape index (κ3) is 9.66. The molecule has 2 aromatic carbocycles. The molecular weight excluding hydrogens is 548 g/mol. The van der Waals surface area contributed by atoms with E-state index in [1.807, 2.05) is 75.4 Å². The van der Waals surface area contributed by atoms with Crippen LogP contribution in [-0.4, -0.2) is 62.4 Å². The largest absolute Gasteiger partial charge is 0.497 e. The zero-order valence-corrected chi connectivity index (χ0v) is 25.5. The van der Waals surface area contributed by atoms with Gasteiger partial charge in [-0.25, -0.2) is 4.79 Å². The van der Waals surface area contributed by atoms with Crippen LogP contribution in [0.2, 0.25) is 0 Å². The molecule has 2 aliphatic heterocycles. The summed E-state index contributed by atoms with van der Waals surface area (Å²) < 4.78 is 23.3. The van der Waals surface area contributed by atoms with Crippen molar-refractivity contribution in [3.8, 4) is 5.75 Å². The summed E-state index contributed by atoms with van der Waals surface area (Å²) in [5, 5.41) is 5.73. The Bertz CT molecular complexity index is 1230. The number of nitrogens with one attached hydrogen (secondary N) is 2. The van der Waals surface area contributed by atoms with Crippen molar-refractivity contribution >= 4 is 17.8 Å². The van der Waals surface area contributed by atoms with Gasteiger partial charge in [0.2, 0.25) is 11.8 Å². The van der Waals surface area contributed by atoms with Crippen molar-refractivity contribution in [2.45, 2.75) is 76.9 Å². The Labute approximate surface area is 254 Å². The molecule has 6 atom stereocenters. The first-order chi connectivity index (χ1) is 20.7. The molecular formula is C34H44N2O7. The molecule has 0 aliphatic carbocycles. The number of carbonyl (C=O) groups excluding carboxylic acids is 3. The number of amides is 2. The lowest BCUT2D eigenvalue weighted by Gasteiger charge is -2.26. The van der Waals surface area contributed by atoms with Gasteiger partial charge in [-0.15, -0.1) is 0 Å². The Morgan fingerprint density at radius 1 is 1.00 bits per heavy atom. The number of rotatable bonds is 8. The van der Waals surface area contributed by atoms with Crippen LogP contribution in [0.1, 0.15) is 57.3 Å². The highest BCUT2D eigenvalue weighted by Gasteiger charge is 2.47. The highest BCUT2D eigenvalue weighted by Crippen LogP contribution is 2.45. The maximum atomic E-state index is 13.4. The van der Waals surface area contributed by atoms with Crippen molar-refractivity contribution in [1.82, 2.24) is 10.6 Å². The molecule has 9 heteroatoms. The van der Waals surface area contributed by atoms with Crippen LogP contribution in [0, 0.1) is 11.8 Å². The van der Waals surface area contributed by atoms with Crippen molar-refractivity contribution < 1.29 is 33.3 Å². The van der Waals surface area contributed by atoms with Gasteiger partial charge in [-0.05, 0) is 48.1 Å². The Hall–Kier alpha value is -3.69. The molecule has 0 spiro atoms. The minimum Gasteiger partial charge on any atom is -0.497 e. The summed E-state index contributed by atoms with van der Waals surface area (Å²) in [4.78, 5) is 39.4. The van der Waals surface area contributed by atoms with E-state index in [4.69, 9.17) is 18.9 Å². The molecule has 0 bridgehead atoms. The number of hydrogen-bond donors (Lipinski definition) is 2. The van der Waals surface area contributed by atoms with Crippen LogP contribution in [-0.2, 0) is 35.0 Å². The molecule has 2 N–H and O–H groups in total. The summed E-state index contributed by atoms with van der Waals surface area (Å²) in [5.41, 5.74) is 1.97. The van der Waals surface area contributed by atoms with E-state index in [0.29, 0.717) is 38.0 Å². The van der Waals surface area contributed by atoms with Gasteiger partial charge in [-0.2, -0.15) is 0 Å². The molecule has 43 heavy (non-hydrogen) atoms. The van der Waals surface area contributed by atoms with Gasteiger partial charge < -0.3 is 29.6 Å². The number of cyclic esters (lactones) is 1. The summed E-state index contributed by atoms with van der Waals surface area (Å²) >= 11 is 0. The Morgan fingerprint density at radius 3 is 2.44 bits per heavy atom. The summed E-state index contributed by atoms with van der Waals surface area (Å²) in [5.74, 6) is -0.304. The fraction of sp³-hybridized carbons (Fsp3) is 0.500. The average Bonchev–Trinajstić information content (AvgIpc) is 3.80. The second kappa shape index (κ2) is 15.7. The summed E-state index contributed by atoms with van der Waals surface area (Å²) in [6, 6.07) is 16.6. The number of esters is 1. The van der Waals surface area contributed by atoms with Crippen LogP contribution in [0.5, 0.6) is 5.75 Å². The van der Waals surface area contributed by atoms with Gasteiger partial charge in [0.15, 0.2) is 6.10 Å². The van der Waals surface area contributed by atoms with Gasteiger partial charge in [0.25, 0.3) is 0 Å². The lowest BCUT2D eigenvalue weighted by Crippen LogP contribution is -2.48. The van der Waals surface area contributed by atoms with Crippen molar-refractivity contribution in [2.24, 2.45) is 11.8 Å². The third-order valence-corrected chi connectivity index (χ3v) is 7.78. The molecule has 0 aromatic heterocycles. The molecule has 2 amide bonds. The zero-order chi connectivity index (χ0) is 30.8. The van der Waals surface area contributed by atoms with E-state index in [-0.39, 0.29) is 36.6 Å². The van der Waals surface area contributed by atoms with E-state index in [1.165, 1.54) is 6.08 Å². The number of epoxide rings is 1. The molecule has 4 rings (SSSR count). The fourth-order valence-corrected chi connectivity index (χ4v) is 5.27. The van der Waals surface area contributed by atoms with Crippen molar-refractivity contribution in [3.63, 3.8) is 0 Å². The number of methoxy groups -OCH3 is 1. The molecule has 232 valence electrons. The summed E-state index contributed by atoms with van der Waals surface area (Å²) in [6.45, 7) is 6.69. The highest BCUT2D eigenvalue weighted by atomic mass is 16.6. The van der Waals surface area contributed by atoms with Gasteiger partial charge in [0.1, 0.15) is 24.0 Å². The molecule has 0 saturated carbocycles. The van der Waals surface area contributed by atoms with Crippen molar-refractivity contribution in [3.05, 3.63) is 77.9 Å². The normalized spacial score (nSPS) is 27.0. The van der Waals surface area contributed by atoms with Gasteiger partial charge >= 0.3 is 5.97 Å². The van der Waals surface area contributed by atoms with Crippen LogP contribution in [0.25, 0.3) is 0 Å². The maximum Gasteiger partial charge on any atom is 0.335 e. The quantitative estimate of drug-likeness (QED) is 0.347. The van der Waals surface area contributed by atoms with Gasteiger partial charge in [-0.3, -0.25) is 9.59 Å². The molecule has 1 fully saturated rings. The first kappa shape index (κ1) is 32.2. The monoisotopic (exact) mass is 592 g/mol. The van der Waals surface area contributed by atoms with E-state index >= 15 is 0 Å². The highest BCUT2D eigenvalue weighted by molar-refractivity contribution is 5.93. The van der Waals surface area contributed by atoms with Gasteiger partial charge in [0.05, 0.1) is 13.2 Å². The van der Waals surface area contributed by atoms with Gasteiger partial charge in [0, 0.05) is 31.9 Å². The van der Waals surface area contributed by atoms with Crippen molar-refractivity contribution in [1.29, 1.82) is 0 Å². The van der Waals surface area contributed by atoms with Crippen LogP contribution >= 0.6 is 0 Å². The topological polar surface area (TPSA) is 115 Å². The standard InChI is InChI=1S/C34H44N2O7/c1-22(2)20-29-34(39)42-28(23(3)31-32(43-31)25-10-6-5-7-11-25)12-8-13-30(37)36-27(33(38)35-18-9-19-41-29)21-24-14-16-26(40-4)17-15-24/h5-8,10-11,13-17,22-23,27-29,31-32H,9,12,18-21H2,1-4H3,(H,35,38)(H,36,37)/b13-8+/t23-,27+,28-,29-,31+,32-/m0/s1. The first-order valence-corrected chi connectivity index (χ1v) is 15.1. The molecule has 9 nitrogen and oxygen atoms in total. The fourth-order valence-electron chi connectivity index (χ4n) is 5.27. The maximum absolute atomic E-state index is 13.4. The van der Waals surface area contributed by atoms with E-state index in [2.05, 4.69) is 10.6 Å². The second-order valence-electron chi connectivity index (χ2n) is 11.7. The van der Waals surface area contributed by atoms with Gasteiger partial charge in [-0.1, -0.05) is 69.3 Å². The number of benzene rings is 2. The van der Waals surface area contributed by atoms with E-state index in [0.717, 1.165) is 11.1 Å². The summed E-state index contributed by atoms with van der Waals surface area (Å²) in [7, 11) is 1.59. The lowest BCUT2D eigenvalue weighted by atomic mass is 9.93. The molecule has 2 heterocycles. The van der Waals surface area contributed by atoms with Crippen molar-refractivity contribution in [2.75, 3.05) is 20.3 Å². The second-order valence-corrected chi connectivity index (χ2v) is 11.7. The number of hydrogen-bond acceptors (Lipinski definition) is 7. The SMILES string of the molecule is COc1ccc(C[C@H]2NC(=O)/C=C/C[C@@H]([C@H](C)[C@H]3O[C@H]3c3ccccc3)OC(=O)[C@H](CC(C)C)OCCCNC2=O)cc1. The van der Waals surface area contributed by atoms with Crippen LogP contribution in [0.3, 0.4) is 0 Å². The van der Waals surface area contributed by atoms with Crippen LogP contribution < -0.4 is 15.4 Å². The lowest BCUT2D eigenvalue weighted by molar-refractivity contribution is -0.166.